The normalized spacial score (nSPS) is 18.3. The van der Waals surface area contributed by atoms with Gasteiger partial charge in [-0.1, -0.05) is 0 Å². The number of hydrogen-bond acceptors (Lipinski definition) is 3. The lowest BCUT2D eigenvalue weighted by Gasteiger charge is -1.78. The highest BCUT2D eigenvalue weighted by Gasteiger charge is 2.00. The third-order valence-corrected chi connectivity index (χ3v) is 0.701. The number of hydrogen-bond donors (Lipinski definition) is 0. The molecular formula is C4H4N2O. The van der Waals surface area contributed by atoms with Crippen LogP contribution in [0.1, 0.15) is 0 Å². The Bertz CT molecular complexity index is 116. The number of carbonyl (C=O) groups is 1. The highest BCUT2D eigenvalue weighted by Crippen LogP contribution is 1.89. The molecule has 0 aromatic rings. The van der Waals surface area contributed by atoms with Gasteiger partial charge in [0.25, 0.3) is 0 Å². The summed E-state index contributed by atoms with van der Waals surface area (Å²) in [6.45, 7) is 0. The van der Waals surface area contributed by atoms with Gasteiger partial charge in [0.05, 0.1) is 5.92 Å². The molecule has 0 radical (unpaired) electrons. The molecule has 0 spiro atoms. The van der Waals surface area contributed by atoms with Gasteiger partial charge in [-0.3, -0.25) is 0 Å². The molecule has 1 rings (SSSR count). The quantitative estimate of drug-likeness (QED) is 0.419. The fraction of sp³-hybridized carbons (Fsp3) is 0.250. The summed E-state index contributed by atoms with van der Waals surface area (Å²) in [5, 5.41) is 6.90. The lowest BCUT2D eigenvalue weighted by Crippen LogP contribution is -1.99. The summed E-state index contributed by atoms with van der Waals surface area (Å²) in [5.41, 5.74) is 0. The fourth-order valence-electron chi connectivity index (χ4n) is 0.340. The van der Waals surface area contributed by atoms with Crippen LogP contribution in [-0.2, 0) is 4.79 Å². The molecule has 0 atom stereocenters. The standard InChI is InChI=1S/C4H4N2O/c7-3-4-1-5-6-2-4/h1-4H. The molecule has 1 aliphatic rings. The molecule has 0 bridgehead atoms. The Balaban J connectivity index is 2.59. The number of carbonyl (C=O) groups excluding carboxylic acids is 1. The van der Waals surface area contributed by atoms with Gasteiger partial charge >= 0.3 is 0 Å². The van der Waals surface area contributed by atoms with Gasteiger partial charge < -0.3 is 4.79 Å². The van der Waals surface area contributed by atoms with Crippen LogP contribution in [0.25, 0.3) is 0 Å². The molecule has 0 saturated carbocycles. The molecule has 0 unspecified atom stereocenters. The maximum Gasteiger partial charge on any atom is 0.133 e. The van der Waals surface area contributed by atoms with E-state index in [1.165, 1.54) is 12.4 Å². The maximum absolute atomic E-state index is 9.82. The zero-order chi connectivity index (χ0) is 5.11. The van der Waals surface area contributed by atoms with E-state index in [4.69, 9.17) is 0 Å². The van der Waals surface area contributed by atoms with Crippen LogP contribution < -0.4 is 0 Å². The van der Waals surface area contributed by atoms with Gasteiger partial charge in [-0.05, 0) is 0 Å². The first kappa shape index (κ1) is 4.18. The molecule has 0 N–H and O–H groups in total. The lowest BCUT2D eigenvalue weighted by molar-refractivity contribution is -0.107. The summed E-state index contributed by atoms with van der Waals surface area (Å²) < 4.78 is 0. The highest BCUT2D eigenvalue weighted by molar-refractivity contribution is 6.01. The van der Waals surface area contributed by atoms with Crippen molar-refractivity contribution in [3.05, 3.63) is 0 Å². The molecule has 0 saturated heterocycles. The summed E-state index contributed by atoms with van der Waals surface area (Å²) in [4.78, 5) is 9.82. The Hall–Kier alpha value is -0.990. The van der Waals surface area contributed by atoms with Crippen molar-refractivity contribution in [1.29, 1.82) is 0 Å². The SMILES string of the molecule is O=CC1C=NN=C1. The second-order valence-corrected chi connectivity index (χ2v) is 1.24. The molecule has 7 heavy (non-hydrogen) atoms. The van der Waals surface area contributed by atoms with Crippen LogP contribution in [0.5, 0.6) is 0 Å². The zero-order valence-electron chi connectivity index (χ0n) is 3.61. The Morgan fingerprint density at radius 2 is 2.00 bits per heavy atom. The van der Waals surface area contributed by atoms with E-state index in [1.54, 1.807) is 0 Å². The van der Waals surface area contributed by atoms with Crippen LogP contribution in [0.4, 0.5) is 0 Å². The molecule has 36 valence electrons. The van der Waals surface area contributed by atoms with Crippen molar-refractivity contribution in [3.8, 4) is 0 Å². The van der Waals surface area contributed by atoms with Crippen molar-refractivity contribution in [2.75, 3.05) is 0 Å². The Kier molecular flexibility index (Phi) is 0.978. The van der Waals surface area contributed by atoms with Gasteiger partial charge in [-0.25, -0.2) is 0 Å². The van der Waals surface area contributed by atoms with Crippen molar-refractivity contribution in [2.24, 2.45) is 16.1 Å². The minimum atomic E-state index is -0.167. The molecule has 1 aliphatic heterocycles. The summed E-state index contributed by atoms with van der Waals surface area (Å²) >= 11 is 0. The molecule has 0 aromatic carbocycles. The minimum absolute atomic E-state index is 0.167. The first-order chi connectivity index (χ1) is 3.43. The van der Waals surface area contributed by atoms with Gasteiger partial charge in [-0.15, -0.1) is 0 Å². The van der Waals surface area contributed by atoms with Gasteiger partial charge in [0.2, 0.25) is 0 Å². The average Bonchev–Trinajstić information content (AvgIpc) is 2.14. The average molecular weight is 96.1 g/mol. The minimum Gasteiger partial charge on any atom is -0.302 e. The van der Waals surface area contributed by atoms with Crippen LogP contribution in [-0.4, -0.2) is 18.7 Å². The van der Waals surface area contributed by atoms with Crippen molar-refractivity contribution in [1.82, 2.24) is 0 Å². The first-order valence-electron chi connectivity index (χ1n) is 1.95. The number of aldehydes is 1. The second kappa shape index (κ2) is 1.64. The highest BCUT2D eigenvalue weighted by atomic mass is 16.1. The summed E-state index contributed by atoms with van der Waals surface area (Å²) in [6, 6.07) is 0. The molecule has 1 heterocycles. The summed E-state index contributed by atoms with van der Waals surface area (Å²) in [7, 11) is 0. The van der Waals surface area contributed by atoms with Crippen molar-refractivity contribution >= 4 is 18.7 Å². The van der Waals surface area contributed by atoms with Crippen LogP contribution in [0.3, 0.4) is 0 Å². The van der Waals surface area contributed by atoms with Crippen molar-refractivity contribution in [2.45, 2.75) is 0 Å². The van der Waals surface area contributed by atoms with E-state index in [-0.39, 0.29) is 5.92 Å². The van der Waals surface area contributed by atoms with E-state index in [0.717, 1.165) is 6.29 Å². The molecule has 0 aromatic heterocycles. The number of nitrogens with zero attached hydrogens (tertiary/aromatic N) is 2. The zero-order valence-corrected chi connectivity index (χ0v) is 3.61. The van der Waals surface area contributed by atoms with Gasteiger partial charge in [-0.2, -0.15) is 10.2 Å². The van der Waals surface area contributed by atoms with Gasteiger partial charge in [0.15, 0.2) is 0 Å². The van der Waals surface area contributed by atoms with E-state index in [0.29, 0.717) is 0 Å². The predicted octanol–water partition coefficient (Wildman–Crippen LogP) is -0.128. The van der Waals surface area contributed by atoms with E-state index in [9.17, 15) is 4.79 Å². The van der Waals surface area contributed by atoms with Gasteiger partial charge in [0, 0.05) is 12.4 Å². The Morgan fingerprint density at radius 1 is 1.43 bits per heavy atom. The van der Waals surface area contributed by atoms with Crippen molar-refractivity contribution in [3.63, 3.8) is 0 Å². The smallest absolute Gasteiger partial charge is 0.133 e. The molecule has 0 amide bonds. The van der Waals surface area contributed by atoms with Crippen LogP contribution in [0.2, 0.25) is 0 Å². The van der Waals surface area contributed by atoms with E-state index < -0.39 is 0 Å². The lowest BCUT2D eigenvalue weighted by atomic mass is 10.2. The van der Waals surface area contributed by atoms with Crippen LogP contribution in [0.15, 0.2) is 10.2 Å². The topological polar surface area (TPSA) is 41.8 Å². The van der Waals surface area contributed by atoms with E-state index in [2.05, 4.69) is 10.2 Å². The molecule has 3 heteroatoms. The van der Waals surface area contributed by atoms with E-state index >= 15 is 0 Å². The van der Waals surface area contributed by atoms with Crippen molar-refractivity contribution < 1.29 is 4.79 Å². The fourth-order valence-corrected chi connectivity index (χ4v) is 0.340. The van der Waals surface area contributed by atoms with E-state index in [1.807, 2.05) is 0 Å². The third-order valence-electron chi connectivity index (χ3n) is 0.701. The van der Waals surface area contributed by atoms with Crippen LogP contribution >= 0.6 is 0 Å². The summed E-state index contributed by atoms with van der Waals surface area (Å²) in [6.07, 6.45) is 3.78. The first-order valence-corrected chi connectivity index (χ1v) is 1.95. The Labute approximate surface area is 40.8 Å². The third kappa shape index (κ3) is 0.707. The van der Waals surface area contributed by atoms with Crippen LogP contribution in [0, 0.1) is 5.92 Å². The summed E-state index contributed by atoms with van der Waals surface area (Å²) in [5.74, 6) is -0.167. The number of rotatable bonds is 1. The largest absolute Gasteiger partial charge is 0.302 e. The van der Waals surface area contributed by atoms with Gasteiger partial charge in [0.1, 0.15) is 6.29 Å². The molecular weight excluding hydrogens is 92.1 g/mol. The second-order valence-electron chi connectivity index (χ2n) is 1.24. The molecule has 3 nitrogen and oxygen atoms in total. The Morgan fingerprint density at radius 3 is 2.29 bits per heavy atom. The monoisotopic (exact) mass is 96.0 g/mol. The molecule has 0 aliphatic carbocycles. The predicted molar refractivity (Wildman–Crippen MR) is 26.5 cm³/mol. The molecule has 0 fully saturated rings. The maximum atomic E-state index is 9.82.